The monoisotopic (exact) mass is 399 g/mol. The van der Waals surface area contributed by atoms with Crippen LogP contribution in [0.25, 0.3) is 0 Å². The van der Waals surface area contributed by atoms with Gasteiger partial charge in [-0.15, -0.1) is 0 Å². The van der Waals surface area contributed by atoms with Crippen molar-refractivity contribution in [3.8, 4) is 0 Å². The van der Waals surface area contributed by atoms with Crippen LogP contribution in [0.1, 0.15) is 42.8 Å². The Hall–Kier alpha value is -0.650. The van der Waals surface area contributed by atoms with Crippen LogP contribution in [-0.4, -0.2) is 16.8 Å². The molecule has 2 rings (SSSR count). The molecule has 0 spiro atoms. The van der Waals surface area contributed by atoms with Gasteiger partial charge in [0.05, 0.1) is 22.4 Å². The first-order valence-electron chi connectivity index (χ1n) is 6.62. The Bertz CT molecular complexity index is 605. The molecule has 5 heteroatoms. The fourth-order valence-corrected chi connectivity index (χ4v) is 3.41. The van der Waals surface area contributed by atoms with Gasteiger partial charge in [-0.25, -0.2) is 0 Å². The van der Waals surface area contributed by atoms with Gasteiger partial charge in [0, 0.05) is 10.5 Å². The van der Waals surface area contributed by atoms with Crippen molar-refractivity contribution in [3.63, 3.8) is 0 Å². The first-order chi connectivity index (χ1) is 9.45. The lowest BCUT2D eigenvalue weighted by Gasteiger charge is -2.22. The summed E-state index contributed by atoms with van der Waals surface area (Å²) in [4.78, 5) is 0. The number of hydrogen-bond donors (Lipinski definition) is 1. The molecule has 20 heavy (non-hydrogen) atoms. The molecule has 0 saturated carbocycles. The maximum absolute atomic E-state index is 4.48. The Balaban J connectivity index is 2.55. The van der Waals surface area contributed by atoms with Gasteiger partial charge in [0.25, 0.3) is 0 Å². The van der Waals surface area contributed by atoms with Crippen molar-refractivity contribution in [2.24, 2.45) is 0 Å². The number of rotatable bonds is 4. The summed E-state index contributed by atoms with van der Waals surface area (Å²) in [5, 5.41) is 7.89. The molecule has 0 fully saturated rings. The predicted molar refractivity (Wildman–Crippen MR) is 90.1 cm³/mol. The molecule has 1 aromatic carbocycles. The normalized spacial score (nSPS) is 12.9. The third-order valence-corrected chi connectivity index (χ3v) is 4.49. The van der Waals surface area contributed by atoms with Crippen LogP contribution < -0.4 is 5.32 Å². The van der Waals surface area contributed by atoms with Crippen LogP contribution in [0.15, 0.2) is 33.3 Å². The zero-order valence-corrected chi connectivity index (χ0v) is 15.3. The Morgan fingerprint density at radius 3 is 2.50 bits per heavy atom. The van der Waals surface area contributed by atoms with E-state index in [9.17, 15) is 0 Å². The Morgan fingerprint density at radius 1 is 1.25 bits per heavy atom. The molecule has 1 N–H and O–H groups in total. The number of nitrogens with zero attached hydrogens (tertiary/aromatic N) is 2. The van der Waals surface area contributed by atoms with Crippen LogP contribution in [0.5, 0.6) is 0 Å². The van der Waals surface area contributed by atoms with Gasteiger partial charge >= 0.3 is 0 Å². The highest BCUT2D eigenvalue weighted by molar-refractivity contribution is 9.10. The summed E-state index contributed by atoms with van der Waals surface area (Å²) in [6, 6.07) is 6.82. The molecule has 0 bridgehead atoms. The van der Waals surface area contributed by atoms with Crippen molar-refractivity contribution in [3.05, 3.63) is 50.2 Å². The van der Waals surface area contributed by atoms with Gasteiger partial charge < -0.3 is 5.32 Å². The van der Waals surface area contributed by atoms with Gasteiger partial charge in [-0.3, -0.25) is 4.68 Å². The minimum absolute atomic E-state index is 0.113. The molecular formula is C15H19Br2N3. The van der Waals surface area contributed by atoms with Crippen LogP contribution in [0, 0.1) is 6.92 Å². The summed E-state index contributed by atoms with van der Waals surface area (Å²) < 4.78 is 4.20. The topological polar surface area (TPSA) is 29.9 Å². The van der Waals surface area contributed by atoms with Crippen LogP contribution in [0.2, 0.25) is 0 Å². The highest BCUT2D eigenvalue weighted by atomic mass is 79.9. The third-order valence-electron chi connectivity index (χ3n) is 3.38. The first-order valence-corrected chi connectivity index (χ1v) is 8.20. The number of aromatic nitrogens is 2. The SMILES string of the molecule is CNC(c1ccc(Br)cc1C)c1c(Br)cnn1C(C)C. The van der Waals surface area contributed by atoms with Crippen molar-refractivity contribution in [2.75, 3.05) is 7.05 Å². The van der Waals surface area contributed by atoms with Gasteiger partial charge in [0.1, 0.15) is 0 Å². The molecular weight excluding hydrogens is 382 g/mol. The van der Waals surface area contributed by atoms with Crippen LogP contribution in [-0.2, 0) is 0 Å². The van der Waals surface area contributed by atoms with Crippen molar-refractivity contribution < 1.29 is 0 Å². The summed E-state index contributed by atoms with van der Waals surface area (Å²) in [6.07, 6.45) is 1.87. The molecule has 3 nitrogen and oxygen atoms in total. The van der Waals surface area contributed by atoms with Crippen LogP contribution in [0.4, 0.5) is 0 Å². The molecule has 1 aromatic heterocycles. The molecule has 2 aromatic rings. The molecule has 0 amide bonds. The average molecular weight is 401 g/mol. The quantitative estimate of drug-likeness (QED) is 0.812. The van der Waals surface area contributed by atoms with E-state index in [1.807, 2.05) is 13.2 Å². The second kappa shape index (κ2) is 6.41. The van der Waals surface area contributed by atoms with Crippen molar-refractivity contribution in [2.45, 2.75) is 32.9 Å². The molecule has 1 heterocycles. The highest BCUT2D eigenvalue weighted by Gasteiger charge is 2.23. The molecule has 0 saturated heterocycles. The van der Waals surface area contributed by atoms with Crippen molar-refractivity contribution in [1.29, 1.82) is 0 Å². The number of nitrogens with one attached hydrogen (secondary N) is 1. The lowest BCUT2D eigenvalue weighted by atomic mass is 9.98. The fourth-order valence-electron chi connectivity index (χ4n) is 2.43. The summed E-state index contributed by atoms with van der Waals surface area (Å²) in [7, 11) is 1.98. The van der Waals surface area contributed by atoms with E-state index in [2.05, 4.69) is 85.9 Å². The second-order valence-electron chi connectivity index (χ2n) is 5.14. The maximum Gasteiger partial charge on any atom is 0.0760 e. The number of aryl methyl sites for hydroxylation is 1. The van der Waals surface area contributed by atoms with Crippen LogP contribution in [0.3, 0.4) is 0 Å². The summed E-state index contributed by atoms with van der Waals surface area (Å²) >= 11 is 7.15. The van der Waals surface area contributed by atoms with Gasteiger partial charge in [0.2, 0.25) is 0 Å². The van der Waals surface area contributed by atoms with Crippen LogP contribution >= 0.6 is 31.9 Å². The van der Waals surface area contributed by atoms with E-state index in [0.29, 0.717) is 6.04 Å². The number of halogens is 2. The summed E-state index contributed by atoms with van der Waals surface area (Å²) in [6.45, 7) is 6.42. The van der Waals surface area contributed by atoms with Crippen molar-refractivity contribution in [1.82, 2.24) is 15.1 Å². The fraction of sp³-hybridized carbons (Fsp3) is 0.400. The van der Waals surface area contributed by atoms with E-state index in [1.54, 1.807) is 0 Å². The zero-order chi connectivity index (χ0) is 14.9. The standard InChI is InChI=1S/C15H19Br2N3/c1-9(2)20-15(13(17)8-19-20)14(18-4)12-6-5-11(16)7-10(12)3/h5-9,14,18H,1-4H3. The van der Waals surface area contributed by atoms with E-state index >= 15 is 0 Å². The molecule has 0 radical (unpaired) electrons. The highest BCUT2D eigenvalue weighted by Crippen LogP contribution is 2.32. The largest absolute Gasteiger partial charge is 0.308 e. The number of hydrogen-bond acceptors (Lipinski definition) is 2. The molecule has 0 aliphatic carbocycles. The Kier molecular flexibility index (Phi) is 5.04. The molecule has 1 unspecified atom stereocenters. The Morgan fingerprint density at radius 2 is 1.95 bits per heavy atom. The van der Waals surface area contributed by atoms with Gasteiger partial charge in [0.15, 0.2) is 0 Å². The van der Waals surface area contributed by atoms with E-state index in [4.69, 9.17) is 0 Å². The van der Waals surface area contributed by atoms with Gasteiger partial charge in [-0.1, -0.05) is 22.0 Å². The molecule has 0 aliphatic rings. The summed E-state index contributed by atoms with van der Waals surface area (Å²) in [5.41, 5.74) is 3.67. The smallest absolute Gasteiger partial charge is 0.0760 e. The van der Waals surface area contributed by atoms with E-state index < -0.39 is 0 Å². The molecule has 1 atom stereocenters. The van der Waals surface area contributed by atoms with E-state index in [-0.39, 0.29) is 6.04 Å². The van der Waals surface area contributed by atoms with Crippen molar-refractivity contribution >= 4 is 31.9 Å². The molecule has 0 aliphatic heterocycles. The van der Waals surface area contributed by atoms with Gasteiger partial charge in [-0.2, -0.15) is 5.10 Å². The van der Waals surface area contributed by atoms with E-state index in [0.717, 1.165) is 14.6 Å². The number of benzene rings is 1. The first kappa shape index (κ1) is 15.7. The minimum Gasteiger partial charge on any atom is -0.308 e. The zero-order valence-electron chi connectivity index (χ0n) is 12.1. The molecule has 108 valence electrons. The maximum atomic E-state index is 4.48. The average Bonchev–Trinajstić information content (AvgIpc) is 2.75. The lowest BCUT2D eigenvalue weighted by Crippen LogP contribution is -2.23. The Labute approximate surface area is 137 Å². The predicted octanol–water partition coefficient (Wildman–Crippen LogP) is 4.61. The van der Waals surface area contributed by atoms with Gasteiger partial charge in [-0.05, 0) is 67.0 Å². The third kappa shape index (κ3) is 3.00. The minimum atomic E-state index is 0.113. The summed E-state index contributed by atoms with van der Waals surface area (Å²) in [5.74, 6) is 0. The second-order valence-corrected chi connectivity index (χ2v) is 6.91. The van der Waals surface area contributed by atoms with E-state index in [1.165, 1.54) is 11.1 Å². The lowest BCUT2D eigenvalue weighted by molar-refractivity contribution is 0.482.